The van der Waals surface area contributed by atoms with Gasteiger partial charge >= 0.3 is 0 Å². The molecule has 0 saturated carbocycles. The largest absolute Gasteiger partial charge is 0.385 e. The topological polar surface area (TPSA) is 66.0 Å². The van der Waals surface area contributed by atoms with Gasteiger partial charge in [0.2, 0.25) is 0 Å². The summed E-state index contributed by atoms with van der Waals surface area (Å²) in [6.45, 7) is 3.51. The minimum atomic E-state index is -0.0648. The van der Waals surface area contributed by atoms with Crippen LogP contribution in [0.3, 0.4) is 0 Å². The maximum absolute atomic E-state index is 5.71. The molecule has 0 radical (unpaired) electrons. The van der Waals surface area contributed by atoms with E-state index < -0.39 is 0 Å². The highest BCUT2D eigenvalue weighted by atomic mass is 35.5. The molecule has 0 aromatic carbocycles. The zero-order valence-corrected chi connectivity index (χ0v) is 10.6. The van der Waals surface area contributed by atoms with E-state index in [0.29, 0.717) is 0 Å². The first-order valence-corrected chi connectivity index (χ1v) is 4.38. The van der Waals surface area contributed by atoms with Crippen LogP contribution in [0.25, 0.3) is 0 Å². The van der Waals surface area contributed by atoms with Crippen LogP contribution in [-0.2, 0) is 11.3 Å². The fourth-order valence-electron chi connectivity index (χ4n) is 1.17. The Labute approximate surface area is 102 Å². The van der Waals surface area contributed by atoms with Gasteiger partial charge in [-0.25, -0.2) is 0 Å². The standard InChI is InChI=1S/C8H16N4O.2ClH/c1-7(9)8-11-10-6-12(8)4-3-5-13-2;;/h6-7H,3-5,9H2,1-2H3;2*1H. The second-order valence-corrected chi connectivity index (χ2v) is 3.02. The number of halogens is 2. The van der Waals surface area contributed by atoms with Gasteiger partial charge in [0.25, 0.3) is 0 Å². The fourth-order valence-corrected chi connectivity index (χ4v) is 1.17. The highest BCUT2D eigenvalue weighted by Crippen LogP contribution is 2.05. The number of aryl methyl sites for hydroxylation is 1. The second-order valence-electron chi connectivity index (χ2n) is 3.02. The van der Waals surface area contributed by atoms with Gasteiger partial charge in [-0.2, -0.15) is 0 Å². The van der Waals surface area contributed by atoms with Crippen molar-refractivity contribution in [1.29, 1.82) is 0 Å². The average Bonchev–Trinajstić information content (AvgIpc) is 2.53. The smallest absolute Gasteiger partial charge is 0.149 e. The molecule has 0 bridgehead atoms. The van der Waals surface area contributed by atoms with Crippen LogP contribution in [0, 0.1) is 0 Å². The van der Waals surface area contributed by atoms with Gasteiger partial charge in [0.05, 0.1) is 6.04 Å². The number of ether oxygens (including phenoxy) is 1. The zero-order valence-electron chi connectivity index (χ0n) is 8.92. The Balaban J connectivity index is 0. The highest BCUT2D eigenvalue weighted by molar-refractivity contribution is 5.85. The molecule has 1 rings (SSSR count). The van der Waals surface area contributed by atoms with E-state index in [4.69, 9.17) is 10.5 Å². The molecule has 0 saturated heterocycles. The van der Waals surface area contributed by atoms with Crippen molar-refractivity contribution >= 4 is 24.8 Å². The molecular weight excluding hydrogens is 239 g/mol. The van der Waals surface area contributed by atoms with Gasteiger partial charge in [-0.15, -0.1) is 35.0 Å². The second kappa shape index (κ2) is 8.91. The van der Waals surface area contributed by atoms with Crippen LogP contribution in [0.5, 0.6) is 0 Å². The SMILES string of the molecule is COCCCn1cnnc1C(C)N.Cl.Cl. The molecule has 0 aliphatic carbocycles. The quantitative estimate of drug-likeness (QED) is 0.804. The molecule has 5 nitrogen and oxygen atoms in total. The number of nitrogens with zero attached hydrogens (tertiary/aromatic N) is 3. The summed E-state index contributed by atoms with van der Waals surface area (Å²) in [6, 6.07) is -0.0648. The van der Waals surface area contributed by atoms with E-state index in [2.05, 4.69) is 10.2 Å². The summed E-state index contributed by atoms with van der Waals surface area (Å²) in [5.74, 6) is 0.830. The third-order valence-electron chi connectivity index (χ3n) is 1.80. The van der Waals surface area contributed by atoms with E-state index in [0.717, 1.165) is 25.4 Å². The van der Waals surface area contributed by atoms with Crippen LogP contribution >= 0.6 is 24.8 Å². The number of hydrogen-bond donors (Lipinski definition) is 1. The van der Waals surface area contributed by atoms with Crippen LogP contribution in [0.2, 0.25) is 0 Å². The Hall–Kier alpha value is -0.360. The fraction of sp³-hybridized carbons (Fsp3) is 0.750. The predicted octanol–water partition coefficient (Wildman–Crippen LogP) is 1.18. The van der Waals surface area contributed by atoms with Gasteiger partial charge in [0, 0.05) is 20.3 Å². The van der Waals surface area contributed by atoms with Gasteiger partial charge < -0.3 is 15.0 Å². The third-order valence-corrected chi connectivity index (χ3v) is 1.80. The summed E-state index contributed by atoms with van der Waals surface area (Å²) in [7, 11) is 1.69. The lowest BCUT2D eigenvalue weighted by molar-refractivity contribution is 0.190. The Morgan fingerprint density at radius 3 is 2.73 bits per heavy atom. The van der Waals surface area contributed by atoms with Crippen molar-refractivity contribution < 1.29 is 4.74 Å². The molecule has 0 spiro atoms. The molecule has 0 amide bonds. The molecule has 2 N–H and O–H groups in total. The summed E-state index contributed by atoms with van der Waals surface area (Å²) < 4.78 is 6.92. The van der Waals surface area contributed by atoms with Gasteiger partial charge in [-0.05, 0) is 13.3 Å². The summed E-state index contributed by atoms with van der Waals surface area (Å²) in [6.07, 6.45) is 2.66. The number of methoxy groups -OCH3 is 1. The van der Waals surface area contributed by atoms with Gasteiger partial charge in [0.1, 0.15) is 12.2 Å². The predicted molar refractivity (Wildman–Crippen MR) is 63.6 cm³/mol. The number of hydrogen-bond acceptors (Lipinski definition) is 4. The normalized spacial score (nSPS) is 11.4. The van der Waals surface area contributed by atoms with Crippen molar-refractivity contribution in [2.45, 2.75) is 25.9 Å². The molecule has 15 heavy (non-hydrogen) atoms. The van der Waals surface area contributed by atoms with Gasteiger partial charge in [-0.1, -0.05) is 0 Å². The van der Waals surface area contributed by atoms with E-state index in [-0.39, 0.29) is 30.9 Å². The molecule has 90 valence electrons. The monoisotopic (exact) mass is 256 g/mol. The first-order valence-electron chi connectivity index (χ1n) is 4.38. The third kappa shape index (κ3) is 5.32. The minimum Gasteiger partial charge on any atom is -0.385 e. The Bertz CT molecular complexity index is 255. The van der Waals surface area contributed by atoms with Crippen LogP contribution in [0.1, 0.15) is 25.2 Å². The molecule has 1 atom stereocenters. The van der Waals surface area contributed by atoms with Crippen molar-refractivity contribution in [2.75, 3.05) is 13.7 Å². The first kappa shape index (κ1) is 17.0. The van der Waals surface area contributed by atoms with E-state index in [1.165, 1.54) is 0 Å². The summed E-state index contributed by atoms with van der Waals surface area (Å²) in [5.41, 5.74) is 5.71. The van der Waals surface area contributed by atoms with E-state index in [9.17, 15) is 0 Å². The van der Waals surface area contributed by atoms with Crippen LogP contribution in [-0.4, -0.2) is 28.5 Å². The van der Waals surface area contributed by atoms with Crippen LogP contribution in [0.4, 0.5) is 0 Å². The number of aromatic nitrogens is 3. The van der Waals surface area contributed by atoms with E-state index in [1.54, 1.807) is 13.4 Å². The maximum atomic E-state index is 5.71. The lowest BCUT2D eigenvalue weighted by atomic mass is 10.3. The van der Waals surface area contributed by atoms with E-state index in [1.807, 2.05) is 11.5 Å². The van der Waals surface area contributed by atoms with Crippen molar-refractivity contribution in [3.63, 3.8) is 0 Å². The minimum absolute atomic E-state index is 0. The Kier molecular flexibility index (Phi) is 10.1. The molecule has 0 aliphatic heterocycles. The summed E-state index contributed by atoms with van der Waals surface area (Å²) >= 11 is 0. The summed E-state index contributed by atoms with van der Waals surface area (Å²) in [4.78, 5) is 0. The van der Waals surface area contributed by atoms with Crippen molar-refractivity contribution in [3.8, 4) is 0 Å². The van der Waals surface area contributed by atoms with Gasteiger partial charge in [0.15, 0.2) is 0 Å². The molecule has 1 heterocycles. The highest BCUT2D eigenvalue weighted by Gasteiger charge is 2.07. The lowest BCUT2D eigenvalue weighted by Crippen LogP contribution is -2.14. The van der Waals surface area contributed by atoms with Crippen molar-refractivity contribution in [2.24, 2.45) is 5.73 Å². The maximum Gasteiger partial charge on any atom is 0.149 e. The van der Waals surface area contributed by atoms with Crippen molar-refractivity contribution in [1.82, 2.24) is 14.8 Å². The molecule has 1 aromatic rings. The molecular formula is C8H18Cl2N4O. The first-order chi connectivity index (χ1) is 6.25. The van der Waals surface area contributed by atoms with Gasteiger partial charge in [-0.3, -0.25) is 0 Å². The lowest BCUT2D eigenvalue weighted by Gasteiger charge is -2.07. The summed E-state index contributed by atoms with van der Waals surface area (Å²) in [5, 5.41) is 7.76. The zero-order chi connectivity index (χ0) is 9.68. The number of rotatable bonds is 5. The molecule has 1 unspecified atom stereocenters. The molecule has 0 fully saturated rings. The Morgan fingerprint density at radius 1 is 1.53 bits per heavy atom. The van der Waals surface area contributed by atoms with Crippen molar-refractivity contribution in [3.05, 3.63) is 12.2 Å². The molecule has 1 aromatic heterocycles. The molecule has 7 heteroatoms. The molecule has 0 aliphatic rings. The number of nitrogens with two attached hydrogens (primary N) is 1. The Morgan fingerprint density at radius 2 is 2.20 bits per heavy atom. The van der Waals surface area contributed by atoms with Crippen LogP contribution < -0.4 is 5.73 Å². The average molecular weight is 257 g/mol. The van der Waals surface area contributed by atoms with Crippen LogP contribution in [0.15, 0.2) is 6.33 Å². The van der Waals surface area contributed by atoms with E-state index >= 15 is 0 Å².